The summed E-state index contributed by atoms with van der Waals surface area (Å²) in [6.07, 6.45) is 5.50. The van der Waals surface area contributed by atoms with Gasteiger partial charge < -0.3 is 10.4 Å². The first-order valence-electron chi connectivity index (χ1n) is 7.21. The SMILES string of the molecule is Cc1ccc(C(=O)O)c(NCC2CC3CCC2C3)c1. The Hall–Kier alpha value is -1.51. The van der Waals surface area contributed by atoms with Crippen LogP contribution in [0, 0.1) is 24.7 Å². The molecule has 3 atom stereocenters. The van der Waals surface area contributed by atoms with Crippen LogP contribution in [0.25, 0.3) is 0 Å². The number of carboxylic acids is 1. The first kappa shape index (κ1) is 12.5. The Balaban J connectivity index is 1.69. The van der Waals surface area contributed by atoms with E-state index < -0.39 is 5.97 Å². The quantitative estimate of drug-likeness (QED) is 0.869. The van der Waals surface area contributed by atoms with Crippen molar-refractivity contribution in [1.29, 1.82) is 0 Å². The minimum atomic E-state index is -0.851. The van der Waals surface area contributed by atoms with Crippen molar-refractivity contribution in [2.24, 2.45) is 17.8 Å². The van der Waals surface area contributed by atoms with Crippen molar-refractivity contribution in [3.8, 4) is 0 Å². The van der Waals surface area contributed by atoms with Gasteiger partial charge in [-0.1, -0.05) is 12.5 Å². The maximum Gasteiger partial charge on any atom is 0.337 e. The molecule has 3 rings (SSSR count). The third kappa shape index (κ3) is 2.46. The molecule has 0 saturated heterocycles. The van der Waals surface area contributed by atoms with Crippen molar-refractivity contribution in [2.45, 2.75) is 32.6 Å². The van der Waals surface area contributed by atoms with Crippen LogP contribution in [0.5, 0.6) is 0 Å². The fourth-order valence-electron chi connectivity index (χ4n) is 3.86. The molecule has 2 bridgehead atoms. The molecule has 0 heterocycles. The highest BCUT2D eigenvalue weighted by molar-refractivity contribution is 5.94. The largest absolute Gasteiger partial charge is 0.478 e. The van der Waals surface area contributed by atoms with E-state index >= 15 is 0 Å². The Morgan fingerprint density at radius 3 is 2.84 bits per heavy atom. The van der Waals surface area contributed by atoms with Crippen LogP contribution in [-0.4, -0.2) is 17.6 Å². The number of rotatable bonds is 4. The molecule has 19 heavy (non-hydrogen) atoms. The Morgan fingerprint density at radius 2 is 2.21 bits per heavy atom. The number of hydrogen-bond donors (Lipinski definition) is 2. The molecule has 2 aliphatic rings. The van der Waals surface area contributed by atoms with Gasteiger partial charge in [-0.15, -0.1) is 0 Å². The van der Waals surface area contributed by atoms with Crippen LogP contribution in [0.2, 0.25) is 0 Å². The van der Waals surface area contributed by atoms with Crippen molar-refractivity contribution in [3.63, 3.8) is 0 Å². The van der Waals surface area contributed by atoms with E-state index in [1.165, 1.54) is 25.7 Å². The number of carbonyl (C=O) groups is 1. The van der Waals surface area contributed by atoms with Crippen LogP contribution >= 0.6 is 0 Å². The van der Waals surface area contributed by atoms with E-state index in [2.05, 4.69) is 5.32 Å². The number of aryl methyl sites for hydroxylation is 1. The lowest BCUT2D eigenvalue weighted by atomic mass is 9.89. The molecule has 2 aliphatic carbocycles. The van der Waals surface area contributed by atoms with E-state index in [-0.39, 0.29) is 0 Å². The summed E-state index contributed by atoms with van der Waals surface area (Å²) in [5.41, 5.74) is 2.25. The van der Waals surface area contributed by atoms with Crippen LogP contribution in [0.1, 0.15) is 41.6 Å². The first-order valence-corrected chi connectivity index (χ1v) is 7.21. The summed E-state index contributed by atoms with van der Waals surface area (Å²) in [7, 11) is 0. The maximum absolute atomic E-state index is 11.2. The van der Waals surface area contributed by atoms with Gasteiger partial charge in [0, 0.05) is 12.2 Å². The highest BCUT2D eigenvalue weighted by atomic mass is 16.4. The van der Waals surface area contributed by atoms with Gasteiger partial charge in [0.2, 0.25) is 0 Å². The molecule has 2 fully saturated rings. The molecule has 0 spiro atoms. The molecular formula is C16H21NO2. The fraction of sp³-hybridized carbons (Fsp3) is 0.562. The van der Waals surface area contributed by atoms with Crippen LogP contribution in [0.3, 0.4) is 0 Å². The van der Waals surface area contributed by atoms with Crippen molar-refractivity contribution in [1.82, 2.24) is 0 Å². The molecule has 0 aromatic heterocycles. The molecule has 2 N–H and O–H groups in total. The second kappa shape index (κ2) is 4.87. The monoisotopic (exact) mass is 259 g/mol. The Kier molecular flexibility index (Phi) is 3.21. The molecule has 0 radical (unpaired) electrons. The van der Waals surface area contributed by atoms with Crippen LogP contribution < -0.4 is 5.32 Å². The zero-order chi connectivity index (χ0) is 13.4. The van der Waals surface area contributed by atoms with Crippen molar-refractivity contribution in [2.75, 3.05) is 11.9 Å². The van der Waals surface area contributed by atoms with Gasteiger partial charge in [-0.3, -0.25) is 0 Å². The minimum Gasteiger partial charge on any atom is -0.478 e. The van der Waals surface area contributed by atoms with E-state index in [1.807, 2.05) is 19.1 Å². The van der Waals surface area contributed by atoms with E-state index in [1.54, 1.807) is 6.07 Å². The topological polar surface area (TPSA) is 49.3 Å². The highest BCUT2D eigenvalue weighted by Gasteiger charge is 2.39. The lowest BCUT2D eigenvalue weighted by molar-refractivity contribution is 0.0698. The maximum atomic E-state index is 11.2. The number of aromatic carboxylic acids is 1. The van der Waals surface area contributed by atoms with Gasteiger partial charge in [0.15, 0.2) is 0 Å². The van der Waals surface area contributed by atoms with Gasteiger partial charge >= 0.3 is 5.97 Å². The second-order valence-corrected chi connectivity index (χ2v) is 6.17. The fourth-order valence-corrected chi connectivity index (χ4v) is 3.86. The Labute approximate surface area is 114 Å². The number of hydrogen-bond acceptors (Lipinski definition) is 2. The van der Waals surface area contributed by atoms with E-state index in [0.29, 0.717) is 5.56 Å². The molecule has 102 valence electrons. The van der Waals surface area contributed by atoms with E-state index in [4.69, 9.17) is 0 Å². The highest BCUT2D eigenvalue weighted by Crippen LogP contribution is 2.48. The number of nitrogens with one attached hydrogen (secondary N) is 1. The van der Waals surface area contributed by atoms with Crippen molar-refractivity contribution < 1.29 is 9.90 Å². The summed E-state index contributed by atoms with van der Waals surface area (Å²) in [5, 5.41) is 12.6. The van der Waals surface area contributed by atoms with Gasteiger partial charge in [0.05, 0.1) is 5.56 Å². The average molecular weight is 259 g/mol. The third-order valence-corrected chi connectivity index (χ3v) is 4.84. The molecule has 3 unspecified atom stereocenters. The zero-order valence-electron chi connectivity index (χ0n) is 11.4. The molecule has 0 aliphatic heterocycles. The van der Waals surface area contributed by atoms with Gasteiger partial charge in [-0.05, 0) is 61.6 Å². The molecule has 1 aromatic carbocycles. The normalized spacial score (nSPS) is 28.6. The lowest BCUT2D eigenvalue weighted by Crippen LogP contribution is -2.21. The predicted molar refractivity (Wildman–Crippen MR) is 75.6 cm³/mol. The Morgan fingerprint density at radius 1 is 1.37 bits per heavy atom. The summed E-state index contributed by atoms with van der Waals surface area (Å²) in [5.74, 6) is 1.69. The molecular weight excluding hydrogens is 238 g/mol. The number of fused-ring (bicyclic) bond motifs is 2. The van der Waals surface area contributed by atoms with Crippen LogP contribution in [0.4, 0.5) is 5.69 Å². The molecule has 2 saturated carbocycles. The summed E-state index contributed by atoms with van der Waals surface area (Å²) in [4.78, 5) is 11.2. The first-order chi connectivity index (χ1) is 9.13. The molecule has 3 heteroatoms. The average Bonchev–Trinajstić information content (AvgIpc) is 2.98. The molecule has 3 nitrogen and oxygen atoms in total. The van der Waals surface area contributed by atoms with Gasteiger partial charge in [0.1, 0.15) is 0 Å². The standard InChI is InChI=1S/C16H21NO2/c1-10-2-5-14(16(18)19)15(6-10)17-9-13-8-11-3-4-12(13)7-11/h2,5-6,11-13,17H,3-4,7-9H2,1H3,(H,18,19). The molecule has 0 amide bonds. The van der Waals surface area contributed by atoms with Gasteiger partial charge in [-0.25, -0.2) is 4.79 Å². The Bertz CT molecular complexity index is 498. The van der Waals surface area contributed by atoms with Crippen molar-refractivity contribution in [3.05, 3.63) is 29.3 Å². The van der Waals surface area contributed by atoms with E-state index in [0.717, 1.165) is 35.5 Å². The van der Waals surface area contributed by atoms with E-state index in [9.17, 15) is 9.90 Å². The zero-order valence-corrected chi connectivity index (χ0v) is 11.4. The number of anilines is 1. The van der Waals surface area contributed by atoms with Gasteiger partial charge in [0.25, 0.3) is 0 Å². The summed E-state index contributed by atoms with van der Waals surface area (Å²) in [6.45, 7) is 2.92. The lowest BCUT2D eigenvalue weighted by Gasteiger charge is -2.23. The predicted octanol–water partition coefficient (Wildman–Crippen LogP) is 3.54. The minimum absolute atomic E-state index is 0.383. The second-order valence-electron chi connectivity index (χ2n) is 6.17. The summed E-state index contributed by atoms with van der Waals surface area (Å²) < 4.78 is 0. The van der Waals surface area contributed by atoms with Crippen LogP contribution in [-0.2, 0) is 0 Å². The van der Waals surface area contributed by atoms with Crippen LogP contribution in [0.15, 0.2) is 18.2 Å². The smallest absolute Gasteiger partial charge is 0.337 e. The summed E-state index contributed by atoms with van der Waals surface area (Å²) >= 11 is 0. The number of carboxylic acid groups (broad SMARTS) is 1. The third-order valence-electron chi connectivity index (χ3n) is 4.84. The van der Waals surface area contributed by atoms with Gasteiger partial charge in [-0.2, -0.15) is 0 Å². The summed E-state index contributed by atoms with van der Waals surface area (Å²) in [6, 6.07) is 5.49. The number of benzene rings is 1. The molecule has 1 aromatic rings. The van der Waals surface area contributed by atoms with Crippen molar-refractivity contribution >= 4 is 11.7 Å².